The fourth-order valence-corrected chi connectivity index (χ4v) is 1.83. The van der Waals surface area contributed by atoms with Crippen molar-refractivity contribution in [1.29, 1.82) is 0 Å². The van der Waals surface area contributed by atoms with Crippen LogP contribution in [0, 0.1) is 0 Å². The van der Waals surface area contributed by atoms with E-state index in [0.29, 0.717) is 0 Å². The Morgan fingerprint density at radius 2 is 1.83 bits per heavy atom. The lowest BCUT2D eigenvalue weighted by Crippen LogP contribution is -2.25. The Morgan fingerprint density at radius 3 is 2.52 bits per heavy atom. The molecule has 0 aliphatic carbocycles. The third kappa shape index (κ3) is 5.35. The number of hydrazone groups is 1. The molecule has 0 aromatic heterocycles. The number of nitrogens with one attached hydrogen (secondary N) is 2. The monoisotopic (exact) mass is 313 g/mol. The third-order valence-corrected chi connectivity index (χ3v) is 3.04. The molecule has 0 saturated heterocycles. The van der Waals surface area contributed by atoms with E-state index in [-0.39, 0.29) is 12.5 Å². The molecule has 0 aliphatic heterocycles. The van der Waals surface area contributed by atoms with Crippen LogP contribution in [0.4, 0.5) is 5.69 Å². The maximum atomic E-state index is 11.7. The minimum absolute atomic E-state index is 0.127. The lowest BCUT2D eigenvalue weighted by Gasteiger charge is -2.06. The molecule has 23 heavy (non-hydrogen) atoms. The van der Waals surface area contributed by atoms with E-state index >= 15 is 0 Å². The van der Waals surface area contributed by atoms with Crippen molar-refractivity contribution in [3.05, 3.63) is 54.1 Å². The predicted octanol–water partition coefficient (Wildman–Crippen LogP) is 2.27. The van der Waals surface area contributed by atoms with Crippen LogP contribution in [0.1, 0.15) is 5.56 Å². The van der Waals surface area contributed by atoms with Crippen LogP contribution in [0.2, 0.25) is 0 Å². The number of carbonyl (C=O) groups excluding carboxylic acids is 1. The lowest BCUT2D eigenvalue weighted by molar-refractivity contribution is -0.119. The smallest absolute Gasteiger partial charge is 0.259 e. The number of ether oxygens (including phenoxy) is 2. The van der Waals surface area contributed by atoms with Crippen LogP contribution in [0.15, 0.2) is 53.6 Å². The van der Waals surface area contributed by atoms with Gasteiger partial charge in [-0.3, -0.25) is 4.79 Å². The molecular formula is C17H19N3O3. The van der Waals surface area contributed by atoms with Gasteiger partial charge in [-0.2, -0.15) is 5.10 Å². The number of amides is 1. The highest BCUT2D eigenvalue weighted by Gasteiger charge is 2.00. The van der Waals surface area contributed by atoms with Crippen molar-refractivity contribution in [3.63, 3.8) is 0 Å². The Balaban J connectivity index is 1.78. The zero-order chi connectivity index (χ0) is 16.5. The van der Waals surface area contributed by atoms with Gasteiger partial charge in [-0.05, 0) is 42.0 Å². The van der Waals surface area contributed by atoms with Crippen molar-refractivity contribution in [2.75, 3.05) is 26.1 Å². The molecule has 0 fully saturated rings. The third-order valence-electron chi connectivity index (χ3n) is 3.04. The number of carbonyl (C=O) groups is 1. The molecule has 0 heterocycles. The fraction of sp³-hybridized carbons (Fsp3) is 0.176. The summed E-state index contributed by atoms with van der Waals surface area (Å²) in [5.74, 6) is 1.27. The Labute approximate surface area is 135 Å². The summed E-state index contributed by atoms with van der Waals surface area (Å²) in [5.41, 5.74) is 4.14. The molecule has 120 valence electrons. The molecule has 1 amide bonds. The second-order valence-corrected chi connectivity index (χ2v) is 4.65. The maximum Gasteiger partial charge on any atom is 0.259 e. The number of hydrogen-bond donors (Lipinski definition) is 2. The van der Waals surface area contributed by atoms with E-state index in [2.05, 4.69) is 15.8 Å². The maximum absolute atomic E-state index is 11.7. The summed E-state index contributed by atoms with van der Waals surface area (Å²) in [6, 6.07) is 14.7. The molecule has 0 aliphatic rings. The van der Waals surface area contributed by atoms with Gasteiger partial charge in [-0.15, -0.1) is 0 Å². The van der Waals surface area contributed by atoms with Crippen LogP contribution in [-0.4, -0.2) is 32.9 Å². The average molecular weight is 313 g/mol. The molecule has 0 atom stereocenters. The lowest BCUT2D eigenvalue weighted by atomic mass is 10.2. The summed E-state index contributed by atoms with van der Waals surface area (Å²) in [5, 5.41) is 6.92. The molecule has 0 bridgehead atoms. The van der Waals surface area contributed by atoms with E-state index in [1.165, 1.54) is 0 Å². The van der Waals surface area contributed by atoms with Gasteiger partial charge in [0.25, 0.3) is 5.91 Å². The van der Waals surface area contributed by atoms with Crippen LogP contribution in [0.5, 0.6) is 11.5 Å². The molecule has 6 nitrogen and oxygen atoms in total. The molecule has 0 spiro atoms. The summed E-state index contributed by atoms with van der Waals surface area (Å²) in [4.78, 5) is 11.7. The van der Waals surface area contributed by atoms with Gasteiger partial charge in [-0.25, -0.2) is 5.43 Å². The molecule has 0 radical (unpaired) electrons. The van der Waals surface area contributed by atoms with Crippen molar-refractivity contribution < 1.29 is 14.3 Å². The molecule has 2 rings (SSSR count). The number of methoxy groups -OCH3 is 2. The predicted molar refractivity (Wildman–Crippen MR) is 90.2 cm³/mol. The first-order valence-electron chi connectivity index (χ1n) is 7.05. The minimum atomic E-state index is -0.236. The summed E-state index contributed by atoms with van der Waals surface area (Å²) >= 11 is 0. The van der Waals surface area contributed by atoms with Gasteiger partial charge in [0.1, 0.15) is 11.5 Å². The largest absolute Gasteiger partial charge is 0.497 e. The number of rotatable bonds is 7. The molecule has 2 aromatic rings. The minimum Gasteiger partial charge on any atom is -0.497 e. The van der Waals surface area contributed by atoms with Gasteiger partial charge < -0.3 is 14.8 Å². The van der Waals surface area contributed by atoms with Gasteiger partial charge in [0, 0.05) is 5.69 Å². The number of nitrogens with zero attached hydrogens (tertiary/aromatic N) is 1. The number of anilines is 1. The topological polar surface area (TPSA) is 72.0 Å². The molecule has 6 heteroatoms. The first kappa shape index (κ1) is 16.4. The van der Waals surface area contributed by atoms with E-state index in [9.17, 15) is 4.79 Å². The van der Waals surface area contributed by atoms with Crippen molar-refractivity contribution >= 4 is 17.8 Å². The SMILES string of the molecule is COc1ccc(NCC(=O)NN=Cc2cccc(OC)c2)cc1. The Hall–Kier alpha value is -3.02. The Morgan fingerprint density at radius 1 is 1.09 bits per heavy atom. The van der Waals surface area contributed by atoms with Crippen LogP contribution < -0.4 is 20.2 Å². The zero-order valence-electron chi connectivity index (χ0n) is 13.1. The fourth-order valence-electron chi connectivity index (χ4n) is 1.83. The summed E-state index contributed by atoms with van der Waals surface area (Å²) in [7, 11) is 3.21. The van der Waals surface area contributed by atoms with E-state index in [0.717, 1.165) is 22.7 Å². The van der Waals surface area contributed by atoms with Crippen molar-refractivity contribution in [3.8, 4) is 11.5 Å². The highest BCUT2D eigenvalue weighted by atomic mass is 16.5. The van der Waals surface area contributed by atoms with E-state index in [1.54, 1.807) is 20.4 Å². The number of hydrogen-bond acceptors (Lipinski definition) is 5. The second-order valence-electron chi connectivity index (χ2n) is 4.65. The Bertz CT molecular complexity index is 669. The van der Waals surface area contributed by atoms with Crippen LogP contribution in [0.25, 0.3) is 0 Å². The molecule has 0 unspecified atom stereocenters. The first-order valence-corrected chi connectivity index (χ1v) is 7.05. The number of benzene rings is 2. The summed E-state index contributed by atoms with van der Waals surface area (Å²) in [6.07, 6.45) is 1.56. The molecule has 2 N–H and O–H groups in total. The average Bonchev–Trinajstić information content (AvgIpc) is 2.60. The van der Waals surface area contributed by atoms with Crippen LogP contribution >= 0.6 is 0 Å². The highest BCUT2D eigenvalue weighted by molar-refractivity contribution is 5.84. The van der Waals surface area contributed by atoms with Gasteiger partial charge in [0.15, 0.2) is 0 Å². The van der Waals surface area contributed by atoms with Crippen molar-refractivity contribution in [1.82, 2.24) is 5.43 Å². The van der Waals surface area contributed by atoms with Crippen LogP contribution in [-0.2, 0) is 4.79 Å². The quantitative estimate of drug-likeness (QED) is 0.607. The standard InChI is InChI=1S/C17H19N3O3/c1-22-15-8-6-14(7-9-15)18-12-17(21)20-19-11-13-4-3-5-16(10-13)23-2/h3-11,18H,12H2,1-2H3,(H,20,21). The second kappa shape index (κ2) is 8.43. The van der Waals surface area contributed by atoms with Gasteiger partial charge in [0.2, 0.25) is 0 Å². The van der Waals surface area contributed by atoms with E-state index < -0.39 is 0 Å². The Kier molecular flexibility index (Phi) is 5.99. The molecular weight excluding hydrogens is 294 g/mol. The van der Waals surface area contributed by atoms with Gasteiger partial charge in [-0.1, -0.05) is 12.1 Å². The van der Waals surface area contributed by atoms with Gasteiger partial charge in [0.05, 0.1) is 27.0 Å². The van der Waals surface area contributed by atoms with E-state index in [4.69, 9.17) is 9.47 Å². The molecule has 2 aromatic carbocycles. The van der Waals surface area contributed by atoms with Crippen molar-refractivity contribution in [2.45, 2.75) is 0 Å². The normalized spacial score (nSPS) is 10.3. The van der Waals surface area contributed by atoms with Crippen molar-refractivity contribution in [2.24, 2.45) is 5.10 Å². The molecule has 0 saturated carbocycles. The zero-order valence-corrected chi connectivity index (χ0v) is 13.1. The summed E-state index contributed by atoms with van der Waals surface area (Å²) < 4.78 is 10.2. The highest BCUT2D eigenvalue weighted by Crippen LogP contribution is 2.14. The van der Waals surface area contributed by atoms with Gasteiger partial charge >= 0.3 is 0 Å². The summed E-state index contributed by atoms with van der Waals surface area (Å²) in [6.45, 7) is 0.127. The van der Waals surface area contributed by atoms with Crippen LogP contribution in [0.3, 0.4) is 0 Å². The van der Waals surface area contributed by atoms with E-state index in [1.807, 2.05) is 48.5 Å². The first-order chi connectivity index (χ1) is 11.2.